The van der Waals surface area contributed by atoms with Crippen molar-refractivity contribution in [3.63, 3.8) is 0 Å². The smallest absolute Gasteiger partial charge is 0.275 e. The molecular formula is C24H29N2O4+. The fourth-order valence-corrected chi connectivity index (χ4v) is 4.40. The van der Waals surface area contributed by atoms with Crippen molar-refractivity contribution in [2.45, 2.75) is 31.8 Å². The minimum atomic E-state index is -0.184. The first-order chi connectivity index (χ1) is 14.6. The molecule has 1 saturated heterocycles. The van der Waals surface area contributed by atoms with Gasteiger partial charge >= 0.3 is 0 Å². The lowest BCUT2D eigenvalue weighted by Gasteiger charge is -2.24. The number of benzene rings is 2. The number of quaternary nitrogens is 1. The Bertz CT molecular complexity index is 996. The number of hydrogen-bond donors (Lipinski definition) is 2. The standard InChI is InChI=1S/C24H28N2O4/c1-16(23-13-17-7-4-5-9-21(17)30-23)25-24(27)15-26-12-6-8-20(26)19-14-18(28-2)10-11-22(19)29-3/h4-5,7,9-11,13-14,16,20H,6,8,12,15H2,1-3H3,(H,25,27)/p+1/t16-,20-/m1/s1. The van der Waals surface area contributed by atoms with Crippen LogP contribution in [0.2, 0.25) is 0 Å². The third-order valence-electron chi connectivity index (χ3n) is 5.93. The number of fused-ring (bicyclic) bond motifs is 1. The van der Waals surface area contributed by atoms with Gasteiger partial charge in [0.1, 0.15) is 28.9 Å². The van der Waals surface area contributed by atoms with E-state index in [1.807, 2.05) is 55.5 Å². The molecule has 0 bridgehead atoms. The van der Waals surface area contributed by atoms with Crippen molar-refractivity contribution in [3.05, 3.63) is 59.9 Å². The summed E-state index contributed by atoms with van der Waals surface area (Å²) in [7, 11) is 3.35. The lowest BCUT2D eigenvalue weighted by Crippen LogP contribution is -3.11. The predicted molar refractivity (Wildman–Crippen MR) is 115 cm³/mol. The highest BCUT2D eigenvalue weighted by atomic mass is 16.5. The second kappa shape index (κ2) is 8.79. The third-order valence-corrected chi connectivity index (χ3v) is 5.93. The van der Waals surface area contributed by atoms with Gasteiger partial charge in [0.05, 0.1) is 32.4 Å². The van der Waals surface area contributed by atoms with Crippen LogP contribution in [-0.4, -0.2) is 33.2 Å². The Hall–Kier alpha value is -2.99. The summed E-state index contributed by atoms with van der Waals surface area (Å²) in [4.78, 5) is 14.1. The molecule has 1 aromatic heterocycles. The van der Waals surface area contributed by atoms with Crippen LogP contribution < -0.4 is 19.7 Å². The molecule has 1 aliphatic rings. The summed E-state index contributed by atoms with van der Waals surface area (Å²) in [6, 6.07) is 15.8. The van der Waals surface area contributed by atoms with E-state index in [1.54, 1.807) is 14.2 Å². The van der Waals surface area contributed by atoms with Gasteiger partial charge in [0, 0.05) is 18.2 Å². The second-order valence-corrected chi connectivity index (χ2v) is 7.86. The van der Waals surface area contributed by atoms with E-state index in [9.17, 15) is 4.79 Å². The molecule has 6 heteroatoms. The molecule has 158 valence electrons. The third kappa shape index (κ3) is 4.14. The summed E-state index contributed by atoms with van der Waals surface area (Å²) in [5.41, 5.74) is 1.94. The van der Waals surface area contributed by atoms with Gasteiger partial charge in [-0.3, -0.25) is 4.79 Å². The second-order valence-electron chi connectivity index (χ2n) is 7.86. The molecule has 2 aromatic carbocycles. The Morgan fingerprint density at radius 1 is 1.20 bits per heavy atom. The molecule has 1 aliphatic heterocycles. The van der Waals surface area contributed by atoms with Crippen LogP contribution in [-0.2, 0) is 4.79 Å². The van der Waals surface area contributed by atoms with Crippen LogP contribution in [0.15, 0.2) is 52.9 Å². The molecule has 1 amide bonds. The number of para-hydroxylation sites is 1. The van der Waals surface area contributed by atoms with Crippen molar-refractivity contribution in [1.29, 1.82) is 0 Å². The monoisotopic (exact) mass is 409 g/mol. The molecule has 2 heterocycles. The molecule has 4 rings (SSSR count). The summed E-state index contributed by atoms with van der Waals surface area (Å²) in [5, 5.41) is 4.14. The maximum Gasteiger partial charge on any atom is 0.275 e. The zero-order chi connectivity index (χ0) is 21.1. The molecule has 6 nitrogen and oxygen atoms in total. The van der Waals surface area contributed by atoms with Gasteiger partial charge in [-0.15, -0.1) is 0 Å². The Labute approximate surface area is 176 Å². The quantitative estimate of drug-likeness (QED) is 0.630. The van der Waals surface area contributed by atoms with E-state index in [1.165, 1.54) is 4.90 Å². The zero-order valence-corrected chi connectivity index (χ0v) is 17.7. The zero-order valence-electron chi connectivity index (χ0n) is 17.7. The first-order valence-electron chi connectivity index (χ1n) is 10.4. The van der Waals surface area contributed by atoms with E-state index in [2.05, 4.69) is 5.32 Å². The van der Waals surface area contributed by atoms with Gasteiger partial charge in [0.25, 0.3) is 5.91 Å². The van der Waals surface area contributed by atoms with Gasteiger partial charge in [-0.25, -0.2) is 0 Å². The topological polar surface area (TPSA) is 65.1 Å². The largest absolute Gasteiger partial charge is 0.497 e. The average molecular weight is 410 g/mol. The van der Waals surface area contributed by atoms with E-state index >= 15 is 0 Å². The fraction of sp³-hybridized carbons (Fsp3) is 0.375. The van der Waals surface area contributed by atoms with E-state index < -0.39 is 0 Å². The lowest BCUT2D eigenvalue weighted by atomic mass is 10.0. The Morgan fingerprint density at radius 2 is 2.03 bits per heavy atom. The van der Waals surface area contributed by atoms with Gasteiger partial charge in [0.2, 0.25) is 0 Å². The molecule has 30 heavy (non-hydrogen) atoms. The normalized spacial score (nSPS) is 19.6. The number of hydrogen-bond acceptors (Lipinski definition) is 4. The minimum Gasteiger partial charge on any atom is -0.497 e. The predicted octanol–water partition coefficient (Wildman–Crippen LogP) is 3.05. The number of rotatable bonds is 7. The number of nitrogens with one attached hydrogen (secondary N) is 2. The molecule has 1 unspecified atom stereocenters. The van der Waals surface area contributed by atoms with Crippen molar-refractivity contribution >= 4 is 16.9 Å². The first kappa shape index (κ1) is 20.3. The molecule has 0 aliphatic carbocycles. The van der Waals surface area contributed by atoms with Crippen molar-refractivity contribution < 1.29 is 23.6 Å². The van der Waals surface area contributed by atoms with Crippen molar-refractivity contribution in [2.24, 2.45) is 0 Å². The molecule has 3 aromatic rings. The van der Waals surface area contributed by atoms with Gasteiger partial charge in [0.15, 0.2) is 6.54 Å². The van der Waals surface area contributed by atoms with Crippen LogP contribution in [0.1, 0.15) is 43.2 Å². The number of methoxy groups -OCH3 is 2. The van der Waals surface area contributed by atoms with Gasteiger partial charge in [-0.05, 0) is 37.3 Å². The highest BCUT2D eigenvalue weighted by Gasteiger charge is 2.34. The molecular weight excluding hydrogens is 380 g/mol. The summed E-state index contributed by atoms with van der Waals surface area (Å²) >= 11 is 0. The maximum absolute atomic E-state index is 12.8. The minimum absolute atomic E-state index is 0.0201. The van der Waals surface area contributed by atoms with Crippen molar-refractivity contribution in [3.8, 4) is 11.5 Å². The van der Waals surface area contributed by atoms with Crippen LogP contribution in [0.5, 0.6) is 11.5 Å². The van der Waals surface area contributed by atoms with E-state index in [0.717, 1.165) is 53.2 Å². The highest BCUT2D eigenvalue weighted by Crippen LogP contribution is 2.31. The van der Waals surface area contributed by atoms with Gasteiger partial charge in [-0.2, -0.15) is 0 Å². The first-order valence-corrected chi connectivity index (χ1v) is 10.4. The molecule has 0 radical (unpaired) electrons. The van der Waals surface area contributed by atoms with Crippen LogP contribution in [0.25, 0.3) is 11.0 Å². The maximum atomic E-state index is 12.8. The highest BCUT2D eigenvalue weighted by molar-refractivity contribution is 5.79. The van der Waals surface area contributed by atoms with Crippen LogP contribution in [0, 0.1) is 0 Å². The SMILES string of the molecule is COc1ccc(OC)c([C@H]2CCC[NH+]2CC(=O)N[C@H](C)c2cc3ccccc3o2)c1. The number of furan rings is 1. The van der Waals surface area contributed by atoms with Gasteiger partial charge in [-0.1, -0.05) is 18.2 Å². The van der Waals surface area contributed by atoms with E-state index in [0.29, 0.717) is 6.54 Å². The van der Waals surface area contributed by atoms with Gasteiger partial charge < -0.3 is 24.1 Å². The number of likely N-dealkylation sites (tertiary alicyclic amines) is 1. The average Bonchev–Trinajstić information content (AvgIpc) is 3.40. The molecule has 0 spiro atoms. The summed E-state index contributed by atoms with van der Waals surface area (Å²) < 4.78 is 16.9. The number of ether oxygens (including phenoxy) is 2. The Balaban J connectivity index is 1.44. The fourth-order valence-electron chi connectivity index (χ4n) is 4.40. The summed E-state index contributed by atoms with van der Waals surface area (Å²) in [6.45, 7) is 3.32. The number of carbonyl (C=O) groups excluding carboxylic acids is 1. The Kier molecular flexibility index (Phi) is 5.95. The number of carbonyl (C=O) groups is 1. The molecule has 1 fully saturated rings. The van der Waals surface area contributed by atoms with Crippen molar-refractivity contribution in [1.82, 2.24) is 5.32 Å². The van der Waals surface area contributed by atoms with E-state index in [4.69, 9.17) is 13.9 Å². The summed E-state index contributed by atoms with van der Waals surface area (Å²) in [5.74, 6) is 2.44. The number of amides is 1. The Morgan fingerprint density at radius 3 is 2.80 bits per heavy atom. The molecule has 0 saturated carbocycles. The van der Waals surface area contributed by atoms with Crippen LogP contribution >= 0.6 is 0 Å². The molecule has 2 N–H and O–H groups in total. The van der Waals surface area contributed by atoms with Crippen LogP contribution in [0.3, 0.4) is 0 Å². The van der Waals surface area contributed by atoms with Crippen LogP contribution in [0.4, 0.5) is 0 Å². The molecule has 3 atom stereocenters. The summed E-state index contributed by atoms with van der Waals surface area (Å²) in [6.07, 6.45) is 2.10. The van der Waals surface area contributed by atoms with Crippen molar-refractivity contribution in [2.75, 3.05) is 27.3 Å². The lowest BCUT2D eigenvalue weighted by molar-refractivity contribution is -0.910. The van der Waals surface area contributed by atoms with E-state index in [-0.39, 0.29) is 18.0 Å².